The predicted molar refractivity (Wildman–Crippen MR) is 83.5 cm³/mol. The Morgan fingerprint density at radius 2 is 1.62 bits per heavy atom. The molecule has 0 fully saturated rings. The summed E-state index contributed by atoms with van der Waals surface area (Å²) in [5.74, 6) is -4.08. The molecule has 0 saturated carbocycles. The molecule has 2 aromatic rings. The number of anilines is 1. The molecule has 2 rings (SSSR count). The number of carbonyl (C=O) groups excluding carboxylic acids is 1. The summed E-state index contributed by atoms with van der Waals surface area (Å²) in [6, 6.07) is 6.64. The average Bonchev–Trinajstić information content (AvgIpc) is 2.60. The first kappa shape index (κ1) is 17.4. The highest BCUT2D eigenvalue weighted by atomic mass is 19.2. The SMILES string of the molecule is COc1cc(/C=C/C(=O)Nc2ccc(F)c(F)c2F)cc(OC)c1. The van der Waals surface area contributed by atoms with Gasteiger partial charge in [-0.1, -0.05) is 0 Å². The number of halogens is 3. The van der Waals surface area contributed by atoms with E-state index in [1.54, 1.807) is 18.2 Å². The number of rotatable bonds is 5. The molecule has 0 heterocycles. The molecule has 1 amide bonds. The lowest BCUT2D eigenvalue weighted by atomic mass is 10.2. The minimum Gasteiger partial charge on any atom is -0.497 e. The van der Waals surface area contributed by atoms with Crippen LogP contribution in [0, 0.1) is 17.5 Å². The molecule has 126 valence electrons. The minimum atomic E-state index is -1.64. The monoisotopic (exact) mass is 337 g/mol. The molecule has 0 aliphatic carbocycles. The van der Waals surface area contributed by atoms with Crippen molar-refractivity contribution in [3.63, 3.8) is 0 Å². The molecule has 24 heavy (non-hydrogen) atoms. The lowest BCUT2D eigenvalue weighted by Gasteiger charge is -2.06. The number of amides is 1. The van der Waals surface area contributed by atoms with E-state index in [2.05, 4.69) is 5.32 Å². The number of hydrogen-bond donors (Lipinski definition) is 1. The summed E-state index contributed by atoms with van der Waals surface area (Å²) in [4.78, 5) is 11.8. The molecule has 0 aromatic heterocycles. The Morgan fingerprint density at radius 1 is 1.00 bits per heavy atom. The van der Waals surface area contributed by atoms with E-state index in [1.807, 2.05) is 0 Å². The third-order valence-electron chi connectivity index (χ3n) is 3.09. The predicted octanol–water partition coefficient (Wildman–Crippen LogP) is 3.77. The Bertz CT molecular complexity index is 769. The Morgan fingerprint density at radius 3 is 2.21 bits per heavy atom. The van der Waals surface area contributed by atoms with Gasteiger partial charge in [0.25, 0.3) is 0 Å². The van der Waals surface area contributed by atoms with Crippen molar-refractivity contribution in [3.05, 3.63) is 59.4 Å². The van der Waals surface area contributed by atoms with Crippen LogP contribution >= 0.6 is 0 Å². The second kappa shape index (κ2) is 7.54. The van der Waals surface area contributed by atoms with Crippen LogP contribution in [-0.4, -0.2) is 20.1 Å². The molecule has 1 N–H and O–H groups in total. The van der Waals surface area contributed by atoms with Gasteiger partial charge < -0.3 is 14.8 Å². The van der Waals surface area contributed by atoms with E-state index in [-0.39, 0.29) is 0 Å². The highest BCUT2D eigenvalue weighted by Crippen LogP contribution is 2.23. The Hall–Kier alpha value is -2.96. The molecule has 0 radical (unpaired) electrons. The normalized spacial score (nSPS) is 10.7. The fourth-order valence-corrected chi connectivity index (χ4v) is 1.89. The zero-order valence-corrected chi connectivity index (χ0v) is 12.9. The van der Waals surface area contributed by atoms with Gasteiger partial charge in [0.15, 0.2) is 17.5 Å². The van der Waals surface area contributed by atoms with Crippen LogP contribution < -0.4 is 14.8 Å². The number of hydrogen-bond acceptors (Lipinski definition) is 3. The van der Waals surface area contributed by atoms with Gasteiger partial charge in [0.05, 0.1) is 19.9 Å². The van der Waals surface area contributed by atoms with Gasteiger partial charge in [0.2, 0.25) is 5.91 Å². The standard InChI is InChI=1S/C17H14F3NO3/c1-23-11-7-10(8-12(9-11)24-2)3-6-15(22)21-14-5-4-13(18)16(19)17(14)20/h3-9H,1-2H3,(H,21,22)/b6-3+. The lowest BCUT2D eigenvalue weighted by molar-refractivity contribution is -0.111. The van der Waals surface area contributed by atoms with Crippen LogP contribution in [0.2, 0.25) is 0 Å². The van der Waals surface area contributed by atoms with Gasteiger partial charge in [-0.2, -0.15) is 0 Å². The number of methoxy groups -OCH3 is 2. The maximum Gasteiger partial charge on any atom is 0.248 e. The molecule has 2 aromatic carbocycles. The van der Waals surface area contributed by atoms with Gasteiger partial charge in [0, 0.05) is 12.1 Å². The van der Waals surface area contributed by atoms with Crippen molar-refractivity contribution in [2.75, 3.05) is 19.5 Å². The van der Waals surface area contributed by atoms with Crippen molar-refractivity contribution < 1.29 is 27.4 Å². The molecule has 7 heteroatoms. The second-order valence-electron chi connectivity index (χ2n) is 4.69. The Balaban J connectivity index is 2.15. The van der Waals surface area contributed by atoms with Crippen molar-refractivity contribution in [1.82, 2.24) is 0 Å². The zero-order valence-electron chi connectivity index (χ0n) is 12.9. The minimum absolute atomic E-state index is 0.452. The topological polar surface area (TPSA) is 47.6 Å². The quantitative estimate of drug-likeness (QED) is 0.667. The highest BCUT2D eigenvalue weighted by Gasteiger charge is 2.14. The van der Waals surface area contributed by atoms with E-state index in [0.29, 0.717) is 17.1 Å². The number of nitrogens with one attached hydrogen (secondary N) is 1. The van der Waals surface area contributed by atoms with E-state index in [1.165, 1.54) is 20.3 Å². The summed E-state index contributed by atoms with van der Waals surface area (Å²) < 4.78 is 49.6. The fourth-order valence-electron chi connectivity index (χ4n) is 1.89. The van der Waals surface area contributed by atoms with Crippen molar-refractivity contribution in [1.29, 1.82) is 0 Å². The molecule has 4 nitrogen and oxygen atoms in total. The lowest BCUT2D eigenvalue weighted by Crippen LogP contribution is -2.10. The molecular weight excluding hydrogens is 323 g/mol. The number of benzene rings is 2. The molecule has 0 spiro atoms. The molecule has 0 aliphatic rings. The fraction of sp³-hybridized carbons (Fsp3) is 0.118. The summed E-state index contributed by atoms with van der Waals surface area (Å²) in [6.07, 6.45) is 2.56. The van der Waals surface area contributed by atoms with Crippen molar-refractivity contribution in [2.24, 2.45) is 0 Å². The van der Waals surface area contributed by atoms with Gasteiger partial charge in [-0.15, -0.1) is 0 Å². The van der Waals surface area contributed by atoms with E-state index in [0.717, 1.165) is 18.2 Å². The summed E-state index contributed by atoms with van der Waals surface area (Å²) >= 11 is 0. The molecule has 0 aliphatic heterocycles. The zero-order chi connectivity index (χ0) is 17.7. The first-order valence-corrected chi connectivity index (χ1v) is 6.80. The van der Waals surface area contributed by atoms with Crippen LogP contribution in [0.5, 0.6) is 11.5 Å². The van der Waals surface area contributed by atoms with Gasteiger partial charge in [-0.25, -0.2) is 13.2 Å². The average molecular weight is 337 g/mol. The maximum absolute atomic E-state index is 13.5. The first-order valence-electron chi connectivity index (χ1n) is 6.80. The summed E-state index contributed by atoms with van der Waals surface area (Å²) in [5, 5.41) is 2.14. The second-order valence-corrected chi connectivity index (χ2v) is 4.69. The third-order valence-corrected chi connectivity index (χ3v) is 3.09. The van der Waals surface area contributed by atoms with Gasteiger partial charge in [-0.05, 0) is 35.9 Å². The van der Waals surface area contributed by atoms with Gasteiger partial charge in [-0.3, -0.25) is 4.79 Å². The van der Waals surface area contributed by atoms with Crippen LogP contribution in [0.25, 0.3) is 6.08 Å². The van der Waals surface area contributed by atoms with Gasteiger partial charge >= 0.3 is 0 Å². The molecular formula is C17H14F3NO3. The molecule has 0 unspecified atom stereocenters. The summed E-state index contributed by atoms with van der Waals surface area (Å²) in [5.41, 5.74) is 0.152. The molecule has 0 bridgehead atoms. The van der Waals surface area contributed by atoms with E-state index in [4.69, 9.17) is 9.47 Å². The van der Waals surface area contributed by atoms with Crippen LogP contribution in [0.4, 0.5) is 18.9 Å². The largest absolute Gasteiger partial charge is 0.497 e. The van der Waals surface area contributed by atoms with Crippen LogP contribution in [-0.2, 0) is 4.79 Å². The van der Waals surface area contributed by atoms with E-state index in [9.17, 15) is 18.0 Å². The van der Waals surface area contributed by atoms with Crippen LogP contribution in [0.1, 0.15) is 5.56 Å². The van der Waals surface area contributed by atoms with Gasteiger partial charge in [0.1, 0.15) is 11.5 Å². The number of carbonyl (C=O) groups is 1. The van der Waals surface area contributed by atoms with Crippen molar-refractivity contribution in [2.45, 2.75) is 0 Å². The number of ether oxygens (including phenoxy) is 2. The van der Waals surface area contributed by atoms with Crippen LogP contribution in [0.15, 0.2) is 36.4 Å². The maximum atomic E-state index is 13.5. The first-order chi connectivity index (χ1) is 11.4. The molecule has 0 saturated heterocycles. The smallest absolute Gasteiger partial charge is 0.248 e. The van der Waals surface area contributed by atoms with Crippen molar-refractivity contribution >= 4 is 17.7 Å². The third kappa shape index (κ3) is 4.07. The van der Waals surface area contributed by atoms with Crippen LogP contribution in [0.3, 0.4) is 0 Å². The summed E-state index contributed by atoms with van der Waals surface area (Å²) in [7, 11) is 2.97. The van der Waals surface area contributed by atoms with E-state index < -0.39 is 29.0 Å². The highest BCUT2D eigenvalue weighted by molar-refractivity contribution is 6.02. The summed E-state index contributed by atoms with van der Waals surface area (Å²) in [6.45, 7) is 0. The van der Waals surface area contributed by atoms with Crippen molar-refractivity contribution in [3.8, 4) is 11.5 Å². The molecule has 0 atom stereocenters. The van der Waals surface area contributed by atoms with E-state index >= 15 is 0 Å². The Labute approximate surface area is 136 Å². The Kier molecular flexibility index (Phi) is 5.47.